The zero-order valence-corrected chi connectivity index (χ0v) is 14.2. The Bertz CT molecular complexity index is 438. The molecule has 0 bridgehead atoms. The van der Waals surface area contributed by atoms with Crippen LogP contribution >= 0.6 is 15.9 Å². The first-order valence-electron chi connectivity index (χ1n) is 7.59. The molecule has 0 aliphatic heterocycles. The molecule has 0 spiro atoms. The lowest BCUT2D eigenvalue weighted by Gasteiger charge is -2.08. The standard InChI is InChI=1S/C16H24BrNO3/c1-14-9-10-15(18(19)20)13-16(14)21-12-8-6-4-2-3-5-7-11-17/h9-10,13H,2-8,11-12H2,1H3. The summed E-state index contributed by atoms with van der Waals surface area (Å²) in [6.07, 6.45) is 8.53. The van der Waals surface area contributed by atoms with Gasteiger partial charge in [0.05, 0.1) is 17.6 Å². The molecule has 1 aromatic rings. The normalized spacial score (nSPS) is 10.6. The van der Waals surface area contributed by atoms with E-state index in [1.807, 2.05) is 6.92 Å². The van der Waals surface area contributed by atoms with Crippen molar-refractivity contribution in [3.05, 3.63) is 33.9 Å². The zero-order valence-electron chi connectivity index (χ0n) is 12.6. The third-order valence-corrected chi connectivity index (χ3v) is 3.98. The van der Waals surface area contributed by atoms with Gasteiger partial charge in [0.25, 0.3) is 5.69 Å². The van der Waals surface area contributed by atoms with E-state index in [9.17, 15) is 10.1 Å². The topological polar surface area (TPSA) is 52.4 Å². The predicted octanol–water partition coefficient (Wildman–Crippen LogP) is 5.41. The summed E-state index contributed by atoms with van der Waals surface area (Å²) in [5.74, 6) is 0.626. The molecule has 0 aromatic heterocycles. The van der Waals surface area contributed by atoms with E-state index in [2.05, 4.69) is 15.9 Å². The Morgan fingerprint density at radius 3 is 2.33 bits per heavy atom. The molecule has 0 fully saturated rings. The first kappa shape index (κ1) is 18.0. The minimum atomic E-state index is -0.390. The van der Waals surface area contributed by atoms with Gasteiger partial charge in [-0.2, -0.15) is 0 Å². The molecule has 0 atom stereocenters. The number of hydrogen-bond donors (Lipinski definition) is 0. The van der Waals surface area contributed by atoms with Gasteiger partial charge in [-0.25, -0.2) is 0 Å². The van der Waals surface area contributed by atoms with Crippen molar-refractivity contribution in [1.29, 1.82) is 0 Å². The van der Waals surface area contributed by atoms with Gasteiger partial charge >= 0.3 is 0 Å². The van der Waals surface area contributed by atoms with Crippen molar-refractivity contribution < 1.29 is 9.66 Å². The first-order chi connectivity index (χ1) is 10.1. The molecule has 0 radical (unpaired) electrons. The highest BCUT2D eigenvalue weighted by Crippen LogP contribution is 2.24. The highest BCUT2D eigenvalue weighted by Gasteiger charge is 2.09. The molecule has 4 nitrogen and oxygen atoms in total. The predicted molar refractivity (Wildman–Crippen MR) is 89.4 cm³/mol. The van der Waals surface area contributed by atoms with E-state index in [1.165, 1.54) is 44.2 Å². The van der Waals surface area contributed by atoms with Crippen LogP contribution in [0.15, 0.2) is 18.2 Å². The van der Waals surface area contributed by atoms with Gasteiger partial charge in [0.15, 0.2) is 0 Å². The third-order valence-electron chi connectivity index (χ3n) is 3.42. The number of hydrogen-bond acceptors (Lipinski definition) is 3. The molecule has 21 heavy (non-hydrogen) atoms. The fourth-order valence-corrected chi connectivity index (χ4v) is 2.52. The number of nitrogens with zero attached hydrogens (tertiary/aromatic N) is 1. The fraction of sp³-hybridized carbons (Fsp3) is 0.625. The SMILES string of the molecule is Cc1ccc([N+](=O)[O-])cc1OCCCCCCCCCBr. The van der Waals surface area contributed by atoms with Crippen LogP contribution in [0.4, 0.5) is 5.69 Å². The third kappa shape index (κ3) is 7.46. The summed E-state index contributed by atoms with van der Waals surface area (Å²) in [6.45, 7) is 2.53. The van der Waals surface area contributed by atoms with Gasteiger partial charge in [0, 0.05) is 11.4 Å². The highest BCUT2D eigenvalue weighted by molar-refractivity contribution is 9.09. The van der Waals surface area contributed by atoms with E-state index < -0.39 is 0 Å². The zero-order chi connectivity index (χ0) is 15.5. The maximum absolute atomic E-state index is 10.7. The number of halogens is 1. The fourth-order valence-electron chi connectivity index (χ4n) is 2.12. The Morgan fingerprint density at radius 2 is 1.71 bits per heavy atom. The molecule has 0 saturated heterocycles. The Morgan fingerprint density at radius 1 is 1.10 bits per heavy atom. The molecule has 5 heteroatoms. The van der Waals surface area contributed by atoms with Gasteiger partial charge in [0.1, 0.15) is 5.75 Å². The molecule has 0 aliphatic carbocycles. The lowest BCUT2D eigenvalue weighted by Crippen LogP contribution is -2.00. The van der Waals surface area contributed by atoms with Crippen LogP contribution in [0, 0.1) is 17.0 Å². The lowest BCUT2D eigenvalue weighted by atomic mass is 10.1. The number of aryl methyl sites for hydroxylation is 1. The number of unbranched alkanes of at least 4 members (excludes halogenated alkanes) is 6. The average Bonchev–Trinajstić information content (AvgIpc) is 2.47. The summed E-state index contributed by atoms with van der Waals surface area (Å²) >= 11 is 3.44. The monoisotopic (exact) mass is 357 g/mol. The maximum atomic E-state index is 10.7. The minimum Gasteiger partial charge on any atom is -0.493 e. The van der Waals surface area contributed by atoms with Crippen LogP contribution in [-0.4, -0.2) is 16.9 Å². The summed E-state index contributed by atoms with van der Waals surface area (Å²) in [4.78, 5) is 10.3. The van der Waals surface area contributed by atoms with Gasteiger partial charge in [-0.3, -0.25) is 10.1 Å². The van der Waals surface area contributed by atoms with Gasteiger partial charge in [0.2, 0.25) is 0 Å². The summed E-state index contributed by atoms with van der Waals surface area (Å²) in [5, 5.41) is 11.8. The van der Waals surface area contributed by atoms with Gasteiger partial charge < -0.3 is 4.74 Å². The van der Waals surface area contributed by atoms with E-state index in [0.29, 0.717) is 12.4 Å². The summed E-state index contributed by atoms with van der Waals surface area (Å²) in [5.41, 5.74) is 1.03. The summed E-state index contributed by atoms with van der Waals surface area (Å²) in [6, 6.07) is 4.75. The molecule has 1 rings (SSSR count). The number of nitro benzene ring substituents is 1. The van der Waals surface area contributed by atoms with Gasteiger partial charge in [-0.15, -0.1) is 0 Å². The van der Waals surface area contributed by atoms with E-state index in [-0.39, 0.29) is 10.6 Å². The number of alkyl halides is 1. The number of non-ortho nitro benzene ring substituents is 1. The number of nitro groups is 1. The maximum Gasteiger partial charge on any atom is 0.273 e. The van der Waals surface area contributed by atoms with E-state index >= 15 is 0 Å². The first-order valence-corrected chi connectivity index (χ1v) is 8.71. The van der Waals surface area contributed by atoms with Crippen molar-refractivity contribution in [2.45, 2.75) is 51.9 Å². The second-order valence-corrected chi connectivity index (χ2v) is 6.01. The van der Waals surface area contributed by atoms with Gasteiger partial charge in [-0.05, 0) is 31.4 Å². The van der Waals surface area contributed by atoms with Crippen LogP contribution in [-0.2, 0) is 0 Å². The van der Waals surface area contributed by atoms with Gasteiger partial charge in [-0.1, -0.05) is 48.0 Å². The van der Waals surface area contributed by atoms with Crippen LogP contribution in [0.2, 0.25) is 0 Å². The molecule has 0 unspecified atom stereocenters. The van der Waals surface area contributed by atoms with Crippen LogP contribution in [0.1, 0.15) is 50.5 Å². The molecule has 0 aliphatic rings. The van der Waals surface area contributed by atoms with Crippen LogP contribution < -0.4 is 4.74 Å². The van der Waals surface area contributed by atoms with Crippen molar-refractivity contribution in [2.24, 2.45) is 0 Å². The second kappa shape index (κ2) is 10.6. The number of benzene rings is 1. The second-order valence-electron chi connectivity index (χ2n) is 5.22. The smallest absolute Gasteiger partial charge is 0.273 e. The average molecular weight is 358 g/mol. The Labute approximate surface area is 135 Å². The van der Waals surface area contributed by atoms with Crippen molar-refractivity contribution in [1.82, 2.24) is 0 Å². The molecule has 118 valence electrons. The van der Waals surface area contributed by atoms with E-state index in [0.717, 1.165) is 23.7 Å². The highest BCUT2D eigenvalue weighted by atomic mass is 79.9. The van der Waals surface area contributed by atoms with Crippen molar-refractivity contribution >= 4 is 21.6 Å². The Hall–Kier alpha value is -1.10. The van der Waals surface area contributed by atoms with Crippen LogP contribution in [0.25, 0.3) is 0 Å². The quantitative estimate of drug-likeness (QED) is 0.230. The Balaban J connectivity index is 2.18. The van der Waals surface area contributed by atoms with Crippen molar-refractivity contribution in [3.8, 4) is 5.75 Å². The van der Waals surface area contributed by atoms with E-state index in [4.69, 9.17) is 4.74 Å². The molecular formula is C16H24BrNO3. The molecule has 0 saturated carbocycles. The Kier molecular flexibility index (Phi) is 9.06. The minimum absolute atomic E-state index is 0.0855. The lowest BCUT2D eigenvalue weighted by molar-refractivity contribution is -0.384. The summed E-state index contributed by atoms with van der Waals surface area (Å²) in [7, 11) is 0. The summed E-state index contributed by atoms with van der Waals surface area (Å²) < 4.78 is 5.66. The molecule has 0 amide bonds. The van der Waals surface area contributed by atoms with Crippen LogP contribution in [0.3, 0.4) is 0 Å². The van der Waals surface area contributed by atoms with Crippen LogP contribution in [0.5, 0.6) is 5.75 Å². The largest absolute Gasteiger partial charge is 0.493 e. The molecule has 1 aromatic carbocycles. The molecular weight excluding hydrogens is 334 g/mol. The number of ether oxygens (including phenoxy) is 1. The van der Waals surface area contributed by atoms with Crippen molar-refractivity contribution in [2.75, 3.05) is 11.9 Å². The van der Waals surface area contributed by atoms with E-state index in [1.54, 1.807) is 6.07 Å². The number of rotatable bonds is 11. The van der Waals surface area contributed by atoms with Crippen molar-refractivity contribution in [3.63, 3.8) is 0 Å². The molecule has 0 heterocycles. The molecule has 0 N–H and O–H groups in total.